The average molecular weight is 361 g/mol. The predicted octanol–water partition coefficient (Wildman–Crippen LogP) is 4.30. The number of methoxy groups -OCH3 is 1. The molecule has 0 aliphatic carbocycles. The first-order chi connectivity index (χ1) is 12.0. The summed E-state index contributed by atoms with van der Waals surface area (Å²) in [6, 6.07) is 13.5. The molecule has 1 N–H and O–H groups in total. The van der Waals surface area contributed by atoms with E-state index in [0.29, 0.717) is 22.9 Å². The zero-order valence-electron chi connectivity index (χ0n) is 15.0. The van der Waals surface area contributed by atoms with Gasteiger partial charge in [-0.15, -0.1) is 0 Å². The largest absolute Gasteiger partial charge is 0.496 e. The molecule has 0 unspecified atom stereocenters. The lowest BCUT2D eigenvalue weighted by molar-refractivity contribution is 0.0950. The minimum absolute atomic E-state index is 0.169. The van der Waals surface area contributed by atoms with E-state index in [1.54, 1.807) is 25.3 Å². The number of nitrogens with zero attached hydrogens (tertiary/aromatic N) is 1. The third-order valence-corrected chi connectivity index (χ3v) is 4.31. The van der Waals surface area contributed by atoms with Crippen LogP contribution in [0.25, 0.3) is 0 Å². The van der Waals surface area contributed by atoms with Gasteiger partial charge in [-0.3, -0.25) is 4.79 Å². The number of benzene rings is 2. The Bertz CT molecular complexity index is 701. The molecule has 0 aromatic heterocycles. The van der Waals surface area contributed by atoms with Crippen molar-refractivity contribution in [1.29, 1.82) is 0 Å². The third-order valence-electron chi connectivity index (χ3n) is 4.08. The fourth-order valence-electron chi connectivity index (χ4n) is 2.65. The molecule has 0 atom stereocenters. The number of ether oxygens (including phenoxy) is 1. The molecule has 25 heavy (non-hydrogen) atoms. The number of carbonyl (C=O) groups is 1. The summed E-state index contributed by atoms with van der Waals surface area (Å²) in [6.45, 7) is 6.62. The monoisotopic (exact) mass is 360 g/mol. The second kappa shape index (κ2) is 9.33. The molecular formula is C20H25ClN2O2. The Hall–Kier alpha value is -2.20. The first-order valence-electron chi connectivity index (χ1n) is 8.48. The molecule has 0 aliphatic rings. The van der Waals surface area contributed by atoms with Crippen LogP contribution in [-0.4, -0.2) is 32.7 Å². The Kier molecular flexibility index (Phi) is 7.14. The third kappa shape index (κ3) is 5.40. The summed E-state index contributed by atoms with van der Waals surface area (Å²) < 4.78 is 5.22. The number of nitrogens with one attached hydrogen (secondary N) is 1. The summed E-state index contributed by atoms with van der Waals surface area (Å²) >= 11 is 5.98. The molecular weight excluding hydrogens is 336 g/mol. The molecule has 0 heterocycles. The molecule has 0 saturated carbocycles. The van der Waals surface area contributed by atoms with Crippen molar-refractivity contribution in [3.63, 3.8) is 0 Å². The number of amides is 1. The number of carbonyl (C=O) groups excluding carboxylic acids is 1. The van der Waals surface area contributed by atoms with Gasteiger partial charge in [-0.2, -0.15) is 0 Å². The second-order valence-corrected chi connectivity index (χ2v) is 6.31. The fourth-order valence-corrected chi connectivity index (χ4v) is 2.82. The lowest BCUT2D eigenvalue weighted by atomic mass is 10.2. The molecule has 2 aromatic rings. The van der Waals surface area contributed by atoms with Gasteiger partial charge in [-0.25, -0.2) is 0 Å². The number of rotatable bonds is 8. The van der Waals surface area contributed by atoms with Crippen LogP contribution >= 0.6 is 11.6 Å². The maximum Gasteiger partial charge on any atom is 0.255 e. The first-order valence-corrected chi connectivity index (χ1v) is 8.86. The van der Waals surface area contributed by atoms with Crippen molar-refractivity contribution >= 4 is 23.2 Å². The molecule has 0 bridgehead atoms. The molecule has 0 radical (unpaired) electrons. The van der Waals surface area contributed by atoms with E-state index in [2.05, 4.69) is 48.3 Å². The Morgan fingerprint density at radius 3 is 2.56 bits per heavy atom. The minimum atomic E-state index is -0.169. The summed E-state index contributed by atoms with van der Waals surface area (Å²) in [6.07, 6.45) is 0.857. The molecule has 4 nitrogen and oxygen atoms in total. The van der Waals surface area contributed by atoms with Crippen LogP contribution in [0.5, 0.6) is 5.75 Å². The molecule has 2 aromatic carbocycles. The van der Waals surface area contributed by atoms with E-state index < -0.39 is 0 Å². The number of hydrogen-bond donors (Lipinski definition) is 1. The molecule has 1 amide bonds. The smallest absolute Gasteiger partial charge is 0.255 e. The van der Waals surface area contributed by atoms with Gasteiger partial charge in [-0.05, 0) is 50.6 Å². The van der Waals surface area contributed by atoms with Gasteiger partial charge in [0, 0.05) is 30.3 Å². The van der Waals surface area contributed by atoms with Crippen LogP contribution in [0, 0.1) is 6.92 Å². The molecule has 0 aliphatic heterocycles. The van der Waals surface area contributed by atoms with E-state index in [9.17, 15) is 4.79 Å². The van der Waals surface area contributed by atoms with Gasteiger partial charge in [0.1, 0.15) is 5.75 Å². The van der Waals surface area contributed by atoms with Gasteiger partial charge in [0.2, 0.25) is 0 Å². The fraction of sp³-hybridized carbons (Fsp3) is 0.350. The molecule has 0 fully saturated rings. The molecule has 5 heteroatoms. The molecule has 0 saturated heterocycles. The topological polar surface area (TPSA) is 41.6 Å². The van der Waals surface area contributed by atoms with Gasteiger partial charge in [-0.1, -0.05) is 29.3 Å². The lowest BCUT2D eigenvalue weighted by Crippen LogP contribution is -2.30. The summed E-state index contributed by atoms with van der Waals surface area (Å²) in [5.41, 5.74) is 2.92. The van der Waals surface area contributed by atoms with Crippen LogP contribution in [0.4, 0.5) is 5.69 Å². The SMILES string of the molecule is CCN(CCCNC(=O)c1cc(Cl)ccc1OC)c1ccc(C)cc1. The highest BCUT2D eigenvalue weighted by Gasteiger charge is 2.12. The van der Waals surface area contributed by atoms with Crippen LogP contribution in [0.2, 0.25) is 5.02 Å². The Balaban J connectivity index is 1.86. The maximum absolute atomic E-state index is 12.3. The normalized spacial score (nSPS) is 10.4. The van der Waals surface area contributed by atoms with E-state index in [0.717, 1.165) is 19.5 Å². The van der Waals surface area contributed by atoms with Crippen molar-refractivity contribution in [2.75, 3.05) is 31.6 Å². The van der Waals surface area contributed by atoms with Crippen LogP contribution in [0.3, 0.4) is 0 Å². The highest BCUT2D eigenvalue weighted by Crippen LogP contribution is 2.22. The van der Waals surface area contributed by atoms with Crippen LogP contribution in [-0.2, 0) is 0 Å². The van der Waals surface area contributed by atoms with Gasteiger partial charge in [0.25, 0.3) is 5.91 Å². The summed E-state index contributed by atoms with van der Waals surface area (Å²) in [5, 5.41) is 3.45. The zero-order chi connectivity index (χ0) is 18.2. The van der Waals surface area contributed by atoms with Crippen LogP contribution in [0.15, 0.2) is 42.5 Å². The number of hydrogen-bond acceptors (Lipinski definition) is 3. The lowest BCUT2D eigenvalue weighted by Gasteiger charge is -2.23. The van der Waals surface area contributed by atoms with Crippen LogP contribution in [0.1, 0.15) is 29.3 Å². The number of anilines is 1. The highest BCUT2D eigenvalue weighted by atomic mass is 35.5. The van der Waals surface area contributed by atoms with E-state index in [-0.39, 0.29) is 5.91 Å². The number of aryl methyl sites for hydroxylation is 1. The zero-order valence-corrected chi connectivity index (χ0v) is 15.8. The summed E-state index contributed by atoms with van der Waals surface area (Å²) in [4.78, 5) is 14.6. The van der Waals surface area contributed by atoms with E-state index in [4.69, 9.17) is 16.3 Å². The molecule has 0 spiro atoms. The number of halogens is 1. The van der Waals surface area contributed by atoms with Gasteiger partial charge in [0.05, 0.1) is 12.7 Å². The van der Waals surface area contributed by atoms with Gasteiger partial charge in [0.15, 0.2) is 0 Å². The van der Waals surface area contributed by atoms with Gasteiger partial charge >= 0.3 is 0 Å². The molecule has 2 rings (SSSR count). The van der Waals surface area contributed by atoms with Crippen molar-refractivity contribution in [3.05, 3.63) is 58.6 Å². The van der Waals surface area contributed by atoms with Crippen molar-refractivity contribution in [2.45, 2.75) is 20.3 Å². The maximum atomic E-state index is 12.3. The van der Waals surface area contributed by atoms with Crippen LogP contribution < -0.4 is 15.0 Å². The quantitative estimate of drug-likeness (QED) is 0.713. The average Bonchev–Trinajstić information content (AvgIpc) is 2.62. The predicted molar refractivity (Wildman–Crippen MR) is 104 cm³/mol. The Morgan fingerprint density at radius 2 is 1.92 bits per heavy atom. The van der Waals surface area contributed by atoms with Crippen molar-refractivity contribution in [3.8, 4) is 5.75 Å². The molecule has 134 valence electrons. The van der Waals surface area contributed by atoms with E-state index in [1.807, 2.05) is 0 Å². The first kappa shape index (κ1) is 19.1. The standard InChI is InChI=1S/C20H25ClN2O2/c1-4-23(17-9-6-15(2)7-10-17)13-5-12-22-20(24)18-14-16(21)8-11-19(18)25-3/h6-11,14H,4-5,12-13H2,1-3H3,(H,22,24). The second-order valence-electron chi connectivity index (χ2n) is 5.87. The van der Waals surface area contributed by atoms with E-state index >= 15 is 0 Å². The van der Waals surface area contributed by atoms with E-state index in [1.165, 1.54) is 11.3 Å². The Morgan fingerprint density at radius 1 is 1.20 bits per heavy atom. The summed E-state index contributed by atoms with van der Waals surface area (Å²) in [5.74, 6) is 0.356. The minimum Gasteiger partial charge on any atom is -0.496 e. The Labute approximate surface area is 154 Å². The van der Waals surface area contributed by atoms with Crippen molar-refractivity contribution in [2.24, 2.45) is 0 Å². The highest BCUT2D eigenvalue weighted by molar-refractivity contribution is 6.31. The van der Waals surface area contributed by atoms with Crippen molar-refractivity contribution < 1.29 is 9.53 Å². The van der Waals surface area contributed by atoms with Gasteiger partial charge < -0.3 is 15.0 Å². The summed E-state index contributed by atoms with van der Waals surface area (Å²) in [7, 11) is 1.54. The van der Waals surface area contributed by atoms with Crippen molar-refractivity contribution in [1.82, 2.24) is 5.32 Å².